The highest BCUT2D eigenvalue weighted by molar-refractivity contribution is 7.80. The molecule has 0 aromatic heterocycles. The van der Waals surface area contributed by atoms with Crippen LogP contribution in [-0.2, 0) is 4.79 Å². The van der Waals surface area contributed by atoms with Gasteiger partial charge in [0.05, 0.1) is 11.5 Å². The summed E-state index contributed by atoms with van der Waals surface area (Å²) in [5.74, 6) is 0.159. The van der Waals surface area contributed by atoms with Gasteiger partial charge in [0, 0.05) is 32.1 Å². The van der Waals surface area contributed by atoms with Crippen molar-refractivity contribution in [2.24, 2.45) is 5.73 Å². The first kappa shape index (κ1) is 15.4. The number of hydrogen-bond acceptors (Lipinski definition) is 3. The third-order valence-corrected chi connectivity index (χ3v) is 4.02. The molecule has 1 fully saturated rings. The SMILES string of the molecule is CC1CCCC(C)N1CC(=O)N(C)CCC(N)=S. The Balaban J connectivity index is 2.44. The summed E-state index contributed by atoms with van der Waals surface area (Å²) < 4.78 is 0. The van der Waals surface area contributed by atoms with Crippen LogP contribution in [0.4, 0.5) is 0 Å². The zero-order valence-electron chi connectivity index (χ0n) is 11.7. The van der Waals surface area contributed by atoms with E-state index in [1.54, 1.807) is 4.90 Å². The lowest BCUT2D eigenvalue weighted by Gasteiger charge is -2.39. The maximum atomic E-state index is 12.1. The Hall–Kier alpha value is -0.680. The van der Waals surface area contributed by atoms with Crippen LogP contribution in [0, 0.1) is 0 Å². The highest BCUT2D eigenvalue weighted by atomic mass is 32.1. The zero-order valence-corrected chi connectivity index (χ0v) is 12.5. The van der Waals surface area contributed by atoms with Crippen LogP contribution in [0.3, 0.4) is 0 Å². The lowest BCUT2D eigenvalue weighted by molar-refractivity contribution is -0.132. The average molecular weight is 271 g/mol. The van der Waals surface area contributed by atoms with Crippen molar-refractivity contribution in [2.45, 2.75) is 51.6 Å². The van der Waals surface area contributed by atoms with Gasteiger partial charge in [-0.3, -0.25) is 9.69 Å². The number of nitrogens with zero attached hydrogens (tertiary/aromatic N) is 2. The molecule has 0 spiro atoms. The van der Waals surface area contributed by atoms with E-state index in [9.17, 15) is 4.79 Å². The molecule has 0 aromatic rings. The average Bonchev–Trinajstić information content (AvgIpc) is 2.30. The molecule has 0 bridgehead atoms. The van der Waals surface area contributed by atoms with E-state index in [-0.39, 0.29) is 5.91 Å². The Morgan fingerprint density at radius 1 is 1.39 bits per heavy atom. The molecule has 0 radical (unpaired) electrons. The minimum absolute atomic E-state index is 0.159. The molecular weight excluding hydrogens is 246 g/mol. The molecule has 1 heterocycles. The minimum atomic E-state index is 0.159. The molecule has 4 nitrogen and oxygen atoms in total. The van der Waals surface area contributed by atoms with Gasteiger partial charge in [0.1, 0.15) is 0 Å². The maximum Gasteiger partial charge on any atom is 0.236 e. The van der Waals surface area contributed by atoms with Crippen LogP contribution < -0.4 is 5.73 Å². The van der Waals surface area contributed by atoms with Gasteiger partial charge in [-0.2, -0.15) is 0 Å². The van der Waals surface area contributed by atoms with Gasteiger partial charge in [0.2, 0.25) is 5.91 Å². The number of carbonyl (C=O) groups excluding carboxylic acids is 1. The Labute approximate surface area is 115 Å². The Kier molecular flexibility index (Phi) is 6.02. The van der Waals surface area contributed by atoms with Crippen molar-refractivity contribution in [1.29, 1.82) is 0 Å². The topological polar surface area (TPSA) is 49.6 Å². The largest absolute Gasteiger partial charge is 0.393 e. The van der Waals surface area contributed by atoms with Crippen LogP contribution in [-0.4, -0.2) is 52.9 Å². The molecule has 0 aromatic carbocycles. The van der Waals surface area contributed by atoms with Gasteiger partial charge in [-0.15, -0.1) is 0 Å². The van der Waals surface area contributed by atoms with Gasteiger partial charge < -0.3 is 10.6 Å². The second-order valence-electron chi connectivity index (χ2n) is 5.33. The number of rotatable bonds is 5. The number of nitrogens with two attached hydrogens (primary N) is 1. The number of likely N-dealkylation sites (tertiary alicyclic amines) is 1. The summed E-state index contributed by atoms with van der Waals surface area (Å²) in [7, 11) is 1.82. The maximum absolute atomic E-state index is 12.1. The Morgan fingerprint density at radius 3 is 2.44 bits per heavy atom. The number of thiocarbonyl (C=S) groups is 1. The van der Waals surface area contributed by atoms with E-state index in [1.165, 1.54) is 19.3 Å². The quantitative estimate of drug-likeness (QED) is 0.768. The third kappa shape index (κ3) is 4.53. The number of likely N-dealkylation sites (N-methyl/N-ethyl adjacent to an activating group) is 1. The summed E-state index contributed by atoms with van der Waals surface area (Å²) >= 11 is 4.83. The van der Waals surface area contributed by atoms with Crippen LogP contribution in [0.1, 0.15) is 39.5 Å². The molecule has 2 atom stereocenters. The molecular formula is C13H25N3OS. The molecule has 5 heteroatoms. The lowest BCUT2D eigenvalue weighted by atomic mass is 9.97. The molecule has 18 heavy (non-hydrogen) atoms. The van der Waals surface area contributed by atoms with Crippen molar-refractivity contribution in [3.63, 3.8) is 0 Å². The third-order valence-electron chi connectivity index (χ3n) is 3.81. The van der Waals surface area contributed by atoms with Gasteiger partial charge in [0.25, 0.3) is 0 Å². The van der Waals surface area contributed by atoms with Gasteiger partial charge >= 0.3 is 0 Å². The van der Waals surface area contributed by atoms with Crippen LogP contribution in [0.5, 0.6) is 0 Å². The van der Waals surface area contributed by atoms with Gasteiger partial charge in [-0.1, -0.05) is 18.6 Å². The minimum Gasteiger partial charge on any atom is -0.393 e. The summed E-state index contributed by atoms with van der Waals surface area (Å²) in [5.41, 5.74) is 5.45. The number of hydrogen-bond donors (Lipinski definition) is 1. The smallest absolute Gasteiger partial charge is 0.236 e. The number of piperidine rings is 1. The van der Waals surface area contributed by atoms with Crippen LogP contribution in [0.2, 0.25) is 0 Å². The van der Waals surface area contributed by atoms with Gasteiger partial charge in [-0.25, -0.2) is 0 Å². The predicted molar refractivity (Wildman–Crippen MR) is 78.5 cm³/mol. The summed E-state index contributed by atoms with van der Waals surface area (Å²) in [6.45, 7) is 5.54. The van der Waals surface area contributed by atoms with Crippen molar-refractivity contribution in [1.82, 2.24) is 9.80 Å². The van der Waals surface area contributed by atoms with E-state index < -0.39 is 0 Å². The monoisotopic (exact) mass is 271 g/mol. The first-order valence-electron chi connectivity index (χ1n) is 6.69. The first-order chi connectivity index (χ1) is 8.41. The summed E-state index contributed by atoms with van der Waals surface area (Å²) in [5, 5.41) is 0. The second kappa shape index (κ2) is 7.04. The van der Waals surface area contributed by atoms with E-state index in [2.05, 4.69) is 18.7 Å². The fourth-order valence-corrected chi connectivity index (χ4v) is 2.56. The number of amides is 1. The molecule has 1 amide bonds. The van der Waals surface area contributed by atoms with E-state index in [0.29, 0.717) is 36.6 Å². The van der Waals surface area contributed by atoms with E-state index in [0.717, 1.165) is 0 Å². The zero-order chi connectivity index (χ0) is 13.7. The van der Waals surface area contributed by atoms with E-state index >= 15 is 0 Å². The molecule has 1 aliphatic heterocycles. The fourth-order valence-electron chi connectivity index (χ4n) is 2.47. The Morgan fingerprint density at radius 2 is 1.94 bits per heavy atom. The molecule has 1 rings (SSSR count). The summed E-state index contributed by atoms with van der Waals surface area (Å²) in [4.78, 5) is 16.6. The molecule has 1 aliphatic rings. The van der Waals surface area contributed by atoms with Gasteiger partial charge in [-0.05, 0) is 26.7 Å². The van der Waals surface area contributed by atoms with Gasteiger partial charge in [0.15, 0.2) is 0 Å². The molecule has 0 saturated carbocycles. The fraction of sp³-hybridized carbons (Fsp3) is 0.846. The molecule has 2 N–H and O–H groups in total. The molecule has 104 valence electrons. The van der Waals surface area contributed by atoms with E-state index in [1.807, 2.05) is 7.05 Å². The van der Waals surface area contributed by atoms with Crippen molar-refractivity contribution < 1.29 is 4.79 Å². The van der Waals surface area contributed by atoms with Crippen molar-refractivity contribution in [3.8, 4) is 0 Å². The normalized spacial score (nSPS) is 24.8. The van der Waals surface area contributed by atoms with E-state index in [4.69, 9.17) is 18.0 Å². The second-order valence-corrected chi connectivity index (χ2v) is 5.86. The van der Waals surface area contributed by atoms with Crippen LogP contribution in [0.25, 0.3) is 0 Å². The highest BCUT2D eigenvalue weighted by Gasteiger charge is 2.27. The molecule has 1 saturated heterocycles. The van der Waals surface area contributed by atoms with Crippen molar-refractivity contribution in [2.75, 3.05) is 20.1 Å². The Bertz CT molecular complexity index is 299. The standard InChI is InChI=1S/C13H25N3OS/c1-10-5-4-6-11(2)16(10)9-13(17)15(3)8-7-12(14)18/h10-11H,4-9H2,1-3H3,(H2,14,18). The first-order valence-corrected chi connectivity index (χ1v) is 7.10. The summed E-state index contributed by atoms with van der Waals surface area (Å²) in [6, 6.07) is 1.00. The molecule has 0 aliphatic carbocycles. The molecule has 2 unspecified atom stereocenters. The number of carbonyl (C=O) groups is 1. The predicted octanol–water partition coefficient (Wildman–Crippen LogP) is 1.38. The van der Waals surface area contributed by atoms with Crippen LogP contribution >= 0.6 is 12.2 Å². The highest BCUT2D eigenvalue weighted by Crippen LogP contribution is 2.22. The summed E-state index contributed by atoms with van der Waals surface area (Å²) in [6.07, 6.45) is 4.25. The van der Waals surface area contributed by atoms with Crippen molar-refractivity contribution in [3.05, 3.63) is 0 Å². The van der Waals surface area contributed by atoms with Crippen LogP contribution in [0.15, 0.2) is 0 Å². The lowest BCUT2D eigenvalue weighted by Crippen LogP contribution is -2.49. The van der Waals surface area contributed by atoms with Crippen molar-refractivity contribution >= 4 is 23.1 Å².